The summed E-state index contributed by atoms with van der Waals surface area (Å²) in [7, 11) is 0. The van der Waals surface area contributed by atoms with Crippen molar-refractivity contribution in [3.8, 4) is 0 Å². The van der Waals surface area contributed by atoms with Crippen LogP contribution in [0.1, 0.15) is 17.2 Å². The van der Waals surface area contributed by atoms with Crippen molar-refractivity contribution < 1.29 is 13.9 Å². The first-order valence-corrected chi connectivity index (χ1v) is 5.60. The van der Waals surface area contributed by atoms with Gasteiger partial charge in [-0.1, -0.05) is 6.07 Å². The number of halogens is 3. The first-order valence-electron chi connectivity index (χ1n) is 4.81. The molecule has 17 heavy (non-hydrogen) atoms. The second-order valence-corrected chi connectivity index (χ2v) is 4.37. The molecule has 0 aliphatic heterocycles. The van der Waals surface area contributed by atoms with Crippen molar-refractivity contribution in [2.24, 2.45) is 0 Å². The van der Waals surface area contributed by atoms with Crippen LogP contribution in [0.2, 0.25) is 0 Å². The maximum Gasteiger partial charge on any atom is 0.141 e. The Morgan fingerprint density at radius 3 is 2.53 bits per heavy atom. The molecule has 1 atom stereocenters. The van der Waals surface area contributed by atoms with Gasteiger partial charge >= 0.3 is 0 Å². The highest BCUT2D eigenvalue weighted by Gasteiger charge is 2.13. The lowest BCUT2D eigenvalue weighted by Gasteiger charge is -2.11. The van der Waals surface area contributed by atoms with Crippen molar-refractivity contribution in [2.75, 3.05) is 0 Å². The lowest BCUT2D eigenvalue weighted by Crippen LogP contribution is -2.01. The highest BCUT2D eigenvalue weighted by atomic mass is 79.9. The molecule has 0 spiro atoms. The van der Waals surface area contributed by atoms with Gasteiger partial charge in [-0.3, -0.25) is 4.98 Å². The van der Waals surface area contributed by atoms with E-state index in [9.17, 15) is 13.9 Å². The van der Waals surface area contributed by atoms with Crippen LogP contribution >= 0.6 is 15.9 Å². The molecule has 0 bridgehead atoms. The molecule has 1 N–H and O–H groups in total. The summed E-state index contributed by atoms with van der Waals surface area (Å²) < 4.78 is 26.5. The van der Waals surface area contributed by atoms with Crippen LogP contribution in [0.4, 0.5) is 8.78 Å². The molecule has 0 aliphatic carbocycles. The second kappa shape index (κ2) is 4.89. The van der Waals surface area contributed by atoms with E-state index in [0.717, 1.165) is 12.3 Å². The number of aliphatic hydroxyl groups is 1. The third-order valence-electron chi connectivity index (χ3n) is 2.30. The molecule has 0 radical (unpaired) electrons. The van der Waals surface area contributed by atoms with Gasteiger partial charge in [0.15, 0.2) is 0 Å². The fourth-order valence-corrected chi connectivity index (χ4v) is 1.70. The molecule has 0 saturated heterocycles. The molecule has 2 nitrogen and oxygen atoms in total. The first kappa shape index (κ1) is 12.1. The standard InChI is InChI=1S/C12H8BrF2NO/c13-10-2-1-7(4-11(10)15)12(17)8-3-9(14)6-16-5-8/h1-6,12,17H. The van der Waals surface area contributed by atoms with Crippen molar-refractivity contribution in [3.05, 3.63) is 63.9 Å². The summed E-state index contributed by atoms with van der Waals surface area (Å²) in [5.74, 6) is -1.02. The molecule has 2 rings (SSSR count). The number of nitrogens with zero attached hydrogens (tertiary/aromatic N) is 1. The molecule has 2 aromatic rings. The number of hydrogen-bond donors (Lipinski definition) is 1. The Bertz CT molecular complexity index is 548. The molecular weight excluding hydrogens is 292 g/mol. The molecule has 0 aliphatic rings. The van der Waals surface area contributed by atoms with Crippen molar-refractivity contribution in [3.63, 3.8) is 0 Å². The third kappa shape index (κ3) is 2.68. The molecule has 0 saturated carbocycles. The van der Waals surface area contributed by atoms with E-state index in [1.807, 2.05) is 0 Å². The quantitative estimate of drug-likeness (QED) is 0.924. The van der Waals surface area contributed by atoms with Crippen LogP contribution < -0.4 is 0 Å². The van der Waals surface area contributed by atoms with Crippen molar-refractivity contribution in [2.45, 2.75) is 6.10 Å². The topological polar surface area (TPSA) is 33.1 Å². The Balaban J connectivity index is 2.36. The predicted molar refractivity (Wildman–Crippen MR) is 62.4 cm³/mol. The van der Waals surface area contributed by atoms with Crippen molar-refractivity contribution >= 4 is 15.9 Å². The molecule has 5 heteroatoms. The maximum atomic E-state index is 13.3. The summed E-state index contributed by atoms with van der Waals surface area (Å²) in [5.41, 5.74) is 0.629. The van der Waals surface area contributed by atoms with Crippen LogP contribution in [0.5, 0.6) is 0 Å². The molecular formula is C12H8BrF2NO. The minimum absolute atomic E-state index is 0.284. The summed E-state index contributed by atoms with van der Waals surface area (Å²) in [6, 6.07) is 5.40. The zero-order valence-corrected chi connectivity index (χ0v) is 10.2. The SMILES string of the molecule is OC(c1cncc(F)c1)c1ccc(Br)c(F)c1. The van der Waals surface area contributed by atoms with Crippen LogP contribution in [-0.4, -0.2) is 10.1 Å². The molecule has 88 valence electrons. The van der Waals surface area contributed by atoms with E-state index in [0.29, 0.717) is 10.0 Å². The van der Waals surface area contributed by atoms with Gasteiger partial charge in [-0.05, 0) is 39.7 Å². The van der Waals surface area contributed by atoms with Crippen molar-refractivity contribution in [1.82, 2.24) is 4.98 Å². The van der Waals surface area contributed by atoms with Crippen LogP contribution in [0.15, 0.2) is 41.1 Å². The summed E-state index contributed by atoms with van der Waals surface area (Å²) in [5, 5.41) is 9.94. The molecule has 1 unspecified atom stereocenters. The Morgan fingerprint density at radius 1 is 1.12 bits per heavy atom. The molecule has 0 amide bonds. The minimum Gasteiger partial charge on any atom is -0.384 e. The Labute approximate surface area is 105 Å². The fraction of sp³-hybridized carbons (Fsp3) is 0.0833. The van der Waals surface area contributed by atoms with E-state index < -0.39 is 17.7 Å². The van der Waals surface area contributed by atoms with Crippen molar-refractivity contribution in [1.29, 1.82) is 0 Å². The van der Waals surface area contributed by atoms with Gasteiger partial charge in [0.2, 0.25) is 0 Å². The monoisotopic (exact) mass is 299 g/mol. The van der Waals surface area contributed by atoms with E-state index >= 15 is 0 Å². The average Bonchev–Trinajstić information content (AvgIpc) is 2.32. The lowest BCUT2D eigenvalue weighted by atomic mass is 10.0. The highest BCUT2D eigenvalue weighted by molar-refractivity contribution is 9.10. The summed E-state index contributed by atoms with van der Waals surface area (Å²) >= 11 is 3.02. The largest absolute Gasteiger partial charge is 0.384 e. The minimum atomic E-state index is -1.10. The normalized spacial score (nSPS) is 12.5. The Hall–Kier alpha value is -1.33. The number of aliphatic hydroxyl groups excluding tert-OH is 1. The summed E-state index contributed by atoms with van der Waals surface area (Å²) in [6.07, 6.45) is 1.28. The van der Waals surface area contributed by atoms with Gasteiger partial charge in [-0.2, -0.15) is 0 Å². The number of aromatic nitrogens is 1. The van der Waals surface area contributed by atoms with Crippen LogP contribution in [-0.2, 0) is 0 Å². The van der Waals surface area contributed by atoms with Crippen LogP contribution in [0.25, 0.3) is 0 Å². The van der Waals surface area contributed by atoms with Gasteiger partial charge in [0.25, 0.3) is 0 Å². The number of pyridine rings is 1. The lowest BCUT2D eigenvalue weighted by molar-refractivity contribution is 0.218. The summed E-state index contributed by atoms with van der Waals surface area (Å²) in [4.78, 5) is 3.63. The fourth-order valence-electron chi connectivity index (χ4n) is 1.45. The van der Waals surface area contributed by atoms with E-state index in [2.05, 4.69) is 20.9 Å². The molecule has 1 heterocycles. The van der Waals surface area contributed by atoms with Gasteiger partial charge in [0.1, 0.15) is 17.7 Å². The number of rotatable bonds is 2. The van der Waals surface area contributed by atoms with Gasteiger partial charge in [-0.15, -0.1) is 0 Å². The van der Waals surface area contributed by atoms with Gasteiger partial charge < -0.3 is 5.11 Å². The first-order chi connectivity index (χ1) is 8.08. The Morgan fingerprint density at radius 2 is 1.88 bits per heavy atom. The zero-order chi connectivity index (χ0) is 12.4. The Kier molecular flexibility index (Phi) is 3.49. The zero-order valence-electron chi connectivity index (χ0n) is 8.57. The summed E-state index contributed by atoms with van der Waals surface area (Å²) in [6.45, 7) is 0. The van der Waals surface area contributed by atoms with Gasteiger partial charge in [-0.25, -0.2) is 8.78 Å². The third-order valence-corrected chi connectivity index (χ3v) is 2.94. The van der Waals surface area contributed by atoms with E-state index in [1.54, 1.807) is 6.07 Å². The van der Waals surface area contributed by atoms with Gasteiger partial charge in [0, 0.05) is 11.8 Å². The highest BCUT2D eigenvalue weighted by Crippen LogP contribution is 2.25. The average molecular weight is 300 g/mol. The van der Waals surface area contributed by atoms with E-state index in [4.69, 9.17) is 0 Å². The number of hydrogen-bond acceptors (Lipinski definition) is 2. The molecule has 1 aromatic carbocycles. The van der Waals surface area contributed by atoms with Crippen LogP contribution in [0, 0.1) is 11.6 Å². The van der Waals surface area contributed by atoms with Crippen LogP contribution in [0.3, 0.4) is 0 Å². The molecule has 1 aromatic heterocycles. The second-order valence-electron chi connectivity index (χ2n) is 3.51. The van der Waals surface area contributed by atoms with E-state index in [1.165, 1.54) is 18.3 Å². The molecule has 0 fully saturated rings. The smallest absolute Gasteiger partial charge is 0.141 e. The predicted octanol–water partition coefficient (Wildman–Crippen LogP) is 3.20. The maximum absolute atomic E-state index is 13.3. The van der Waals surface area contributed by atoms with E-state index in [-0.39, 0.29) is 5.56 Å². The number of benzene rings is 1. The van der Waals surface area contributed by atoms with Gasteiger partial charge in [0.05, 0.1) is 10.7 Å².